The summed E-state index contributed by atoms with van der Waals surface area (Å²) in [5.74, 6) is -0.768. The minimum atomic E-state index is -4.92. The van der Waals surface area contributed by atoms with E-state index in [0.717, 1.165) is 29.7 Å². The van der Waals surface area contributed by atoms with Crippen molar-refractivity contribution in [1.82, 2.24) is 14.7 Å². The Morgan fingerprint density at radius 1 is 0.971 bits per heavy atom. The van der Waals surface area contributed by atoms with Crippen molar-refractivity contribution in [3.8, 4) is 16.9 Å². The second-order valence-electron chi connectivity index (χ2n) is 8.95. The van der Waals surface area contributed by atoms with Crippen LogP contribution in [0.1, 0.15) is 28.9 Å². The van der Waals surface area contributed by atoms with Crippen LogP contribution in [0, 0.1) is 11.8 Å². The molecule has 10 heteroatoms. The number of hydrogen-bond donors (Lipinski definition) is 1. The Bertz CT molecular complexity index is 1240. The Balaban J connectivity index is 1.23. The highest BCUT2D eigenvalue weighted by molar-refractivity contribution is 5.88. The van der Waals surface area contributed by atoms with Crippen LogP contribution in [-0.4, -0.2) is 51.0 Å². The van der Waals surface area contributed by atoms with Crippen LogP contribution in [0.4, 0.5) is 18.0 Å². The van der Waals surface area contributed by atoms with Crippen molar-refractivity contribution < 1.29 is 32.6 Å². The molecule has 0 bridgehead atoms. The molecule has 1 aliphatic heterocycles. The average molecular weight is 485 g/mol. The van der Waals surface area contributed by atoms with Crippen LogP contribution < -0.4 is 4.74 Å². The lowest BCUT2D eigenvalue weighted by atomic mass is 10.0. The number of carboxylic acids is 1. The van der Waals surface area contributed by atoms with Crippen molar-refractivity contribution >= 4 is 12.0 Å². The number of fused-ring (bicyclic) bond motifs is 1. The number of halogens is 3. The average Bonchev–Trinajstić information content (AvgIpc) is 3.52. The fraction of sp³-hybridized carbons (Fsp3) is 0.320. The lowest BCUT2D eigenvalue weighted by molar-refractivity contribution is -0.138. The second-order valence-corrected chi connectivity index (χ2v) is 8.95. The van der Waals surface area contributed by atoms with Gasteiger partial charge in [0.05, 0.1) is 6.10 Å². The molecule has 182 valence electrons. The summed E-state index contributed by atoms with van der Waals surface area (Å²) >= 11 is 0. The minimum Gasteiger partial charge on any atom is -0.490 e. The first-order valence-electron chi connectivity index (χ1n) is 11.2. The zero-order valence-corrected chi connectivity index (χ0v) is 18.5. The Labute approximate surface area is 198 Å². The van der Waals surface area contributed by atoms with E-state index in [0.29, 0.717) is 24.0 Å². The van der Waals surface area contributed by atoms with Gasteiger partial charge in [-0.2, -0.15) is 23.0 Å². The van der Waals surface area contributed by atoms with Gasteiger partial charge in [-0.3, -0.25) is 0 Å². The first-order chi connectivity index (χ1) is 16.7. The molecular formula is C25H22F3N3O4. The second kappa shape index (κ2) is 8.75. The zero-order valence-electron chi connectivity index (χ0n) is 18.5. The molecule has 2 fully saturated rings. The number of carboxylic acid groups (broad SMARTS) is 1. The van der Waals surface area contributed by atoms with Gasteiger partial charge in [0, 0.05) is 19.3 Å². The number of rotatable bonds is 4. The van der Waals surface area contributed by atoms with E-state index in [-0.39, 0.29) is 17.9 Å². The summed E-state index contributed by atoms with van der Waals surface area (Å²) in [4.78, 5) is 25.4. The molecule has 1 saturated carbocycles. The van der Waals surface area contributed by atoms with Crippen LogP contribution in [0.2, 0.25) is 0 Å². The van der Waals surface area contributed by atoms with E-state index in [4.69, 9.17) is 9.84 Å². The van der Waals surface area contributed by atoms with Crippen molar-refractivity contribution in [3.05, 3.63) is 72.1 Å². The summed E-state index contributed by atoms with van der Waals surface area (Å²) in [5, 5.41) is 12.4. The van der Waals surface area contributed by atoms with Crippen LogP contribution in [0.25, 0.3) is 11.1 Å². The Kier molecular flexibility index (Phi) is 5.74. The Hall–Kier alpha value is -3.82. The van der Waals surface area contributed by atoms with Crippen LogP contribution in [-0.2, 0) is 6.18 Å². The number of aromatic nitrogens is 2. The number of ether oxygens (including phenoxy) is 1. The summed E-state index contributed by atoms with van der Waals surface area (Å²) in [6.07, 6.45) is -3.05. The third-order valence-electron chi connectivity index (χ3n) is 6.64. The lowest BCUT2D eigenvalue weighted by Crippen LogP contribution is -2.34. The standard InChI is InChI=1S/C25H22F3N3O4/c26-25(27,28)21-14-31(29-22(21)23(32)33)24(34)30-12-17-10-20(11-18(17)13-30)35-19-8-4-7-16(9-19)15-5-2-1-3-6-15/h1-9,14,17-18,20H,10-13H2,(H,32,33)/t17-,18+,20+. The maximum atomic E-state index is 13.1. The van der Waals surface area contributed by atoms with Crippen molar-refractivity contribution in [1.29, 1.82) is 0 Å². The number of carbonyl (C=O) groups excluding carboxylic acids is 1. The van der Waals surface area contributed by atoms with Crippen molar-refractivity contribution in [3.63, 3.8) is 0 Å². The highest BCUT2D eigenvalue weighted by Gasteiger charge is 2.45. The summed E-state index contributed by atoms with van der Waals surface area (Å²) in [7, 11) is 0. The molecule has 1 saturated heterocycles. The summed E-state index contributed by atoms with van der Waals surface area (Å²) in [6.45, 7) is 0.716. The lowest BCUT2D eigenvalue weighted by Gasteiger charge is -2.20. The van der Waals surface area contributed by atoms with E-state index in [2.05, 4.69) is 5.10 Å². The number of hydrogen-bond acceptors (Lipinski definition) is 4. The van der Waals surface area contributed by atoms with Crippen molar-refractivity contribution in [2.45, 2.75) is 25.1 Å². The molecule has 2 aliphatic rings. The van der Waals surface area contributed by atoms with Crippen LogP contribution in [0.3, 0.4) is 0 Å². The number of amides is 1. The van der Waals surface area contributed by atoms with E-state index in [1.165, 1.54) is 4.90 Å². The van der Waals surface area contributed by atoms with E-state index in [9.17, 15) is 22.8 Å². The van der Waals surface area contributed by atoms with Crippen LogP contribution in [0.5, 0.6) is 5.75 Å². The van der Waals surface area contributed by atoms with Gasteiger partial charge in [-0.1, -0.05) is 42.5 Å². The van der Waals surface area contributed by atoms with Gasteiger partial charge in [0.25, 0.3) is 0 Å². The van der Waals surface area contributed by atoms with Gasteiger partial charge < -0.3 is 14.7 Å². The summed E-state index contributed by atoms with van der Waals surface area (Å²) in [6, 6.07) is 17.1. The Morgan fingerprint density at radius 3 is 2.23 bits per heavy atom. The third-order valence-corrected chi connectivity index (χ3v) is 6.64. The van der Waals surface area contributed by atoms with E-state index < -0.39 is 29.4 Å². The fourth-order valence-corrected chi connectivity index (χ4v) is 5.05. The molecule has 0 radical (unpaired) electrons. The maximum absolute atomic E-state index is 13.1. The van der Waals surface area contributed by atoms with Gasteiger partial charge in [-0.25, -0.2) is 9.59 Å². The molecule has 2 aromatic carbocycles. The monoisotopic (exact) mass is 485 g/mol. The molecule has 1 aromatic heterocycles. The molecule has 7 nitrogen and oxygen atoms in total. The molecule has 2 heterocycles. The number of benzene rings is 2. The maximum Gasteiger partial charge on any atom is 0.420 e. The predicted molar refractivity (Wildman–Crippen MR) is 119 cm³/mol. The molecule has 0 unspecified atom stereocenters. The highest BCUT2D eigenvalue weighted by atomic mass is 19.4. The molecule has 5 rings (SSSR count). The van der Waals surface area contributed by atoms with Gasteiger partial charge in [-0.15, -0.1) is 0 Å². The predicted octanol–water partition coefficient (Wildman–Crippen LogP) is 5.02. The molecule has 3 atom stereocenters. The fourth-order valence-electron chi connectivity index (χ4n) is 5.05. The molecule has 35 heavy (non-hydrogen) atoms. The minimum absolute atomic E-state index is 0.0200. The number of alkyl halides is 3. The van der Waals surface area contributed by atoms with Gasteiger partial charge in [-0.05, 0) is 47.9 Å². The van der Waals surface area contributed by atoms with Gasteiger partial charge in [0.15, 0.2) is 5.69 Å². The van der Waals surface area contributed by atoms with Gasteiger partial charge in [0.2, 0.25) is 0 Å². The topological polar surface area (TPSA) is 84.7 Å². The van der Waals surface area contributed by atoms with E-state index >= 15 is 0 Å². The van der Waals surface area contributed by atoms with Crippen molar-refractivity contribution in [2.24, 2.45) is 11.8 Å². The number of nitrogens with zero attached hydrogens (tertiary/aromatic N) is 3. The van der Waals surface area contributed by atoms with Crippen molar-refractivity contribution in [2.75, 3.05) is 13.1 Å². The largest absolute Gasteiger partial charge is 0.490 e. The first-order valence-corrected chi connectivity index (χ1v) is 11.2. The molecule has 1 N–H and O–H groups in total. The normalized spacial score (nSPS) is 21.7. The first kappa shape index (κ1) is 22.9. The Morgan fingerprint density at radius 2 is 1.63 bits per heavy atom. The van der Waals surface area contributed by atoms with E-state index in [1.807, 2.05) is 54.6 Å². The quantitative estimate of drug-likeness (QED) is 0.561. The SMILES string of the molecule is O=C(O)c1nn(C(=O)N2C[C@H]3C[C@H](Oc4cccc(-c5ccccc5)c4)C[C@H]3C2)cc1C(F)(F)F. The smallest absolute Gasteiger partial charge is 0.420 e. The number of carbonyl (C=O) groups is 2. The molecule has 0 spiro atoms. The van der Waals surface area contributed by atoms with Gasteiger partial charge in [0.1, 0.15) is 11.3 Å². The number of aromatic carboxylic acids is 1. The van der Waals surface area contributed by atoms with Crippen LogP contribution in [0.15, 0.2) is 60.8 Å². The molecular weight excluding hydrogens is 463 g/mol. The highest BCUT2D eigenvalue weighted by Crippen LogP contribution is 2.40. The zero-order chi connectivity index (χ0) is 24.7. The third kappa shape index (κ3) is 4.60. The summed E-state index contributed by atoms with van der Waals surface area (Å²) in [5.41, 5.74) is -0.481. The molecule has 1 aliphatic carbocycles. The van der Waals surface area contributed by atoms with Crippen LogP contribution >= 0.6 is 0 Å². The molecule has 3 aromatic rings. The van der Waals surface area contributed by atoms with Gasteiger partial charge >= 0.3 is 18.2 Å². The molecule has 1 amide bonds. The van der Waals surface area contributed by atoms with E-state index in [1.54, 1.807) is 0 Å². The number of likely N-dealkylation sites (tertiary alicyclic amines) is 1. The summed E-state index contributed by atoms with van der Waals surface area (Å²) < 4.78 is 46.1.